The molecule has 0 fully saturated rings. The molecule has 4 nitrogen and oxygen atoms in total. The van der Waals surface area contributed by atoms with Gasteiger partial charge in [0.05, 0.1) is 10.7 Å². The normalized spacial score (nSPS) is 10.2. The van der Waals surface area contributed by atoms with E-state index >= 15 is 0 Å². The molecular formula is C12H12BrN3OS. The first-order valence-electron chi connectivity index (χ1n) is 5.25. The van der Waals surface area contributed by atoms with Crippen molar-refractivity contribution in [2.45, 2.75) is 4.90 Å². The van der Waals surface area contributed by atoms with Crippen LogP contribution in [0, 0.1) is 0 Å². The average molecular weight is 326 g/mol. The highest BCUT2D eigenvalue weighted by atomic mass is 79.9. The van der Waals surface area contributed by atoms with Gasteiger partial charge in [-0.05, 0) is 34.3 Å². The number of hydrogen-bond donors (Lipinski definition) is 1. The Morgan fingerprint density at radius 3 is 2.83 bits per heavy atom. The summed E-state index contributed by atoms with van der Waals surface area (Å²) in [6, 6.07) is 7.84. The fourth-order valence-electron chi connectivity index (χ4n) is 1.35. The summed E-state index contributed by atoms with van der Waals surface area (Å²) in [5, 5.41) is 2.88. The van der Waals surface area contributed by atoms with E-state index in [2.05, 4.69) is 31.2 Å². The molecule has 0 saturated carbocycles. The summed E-state index contributed by atoms with van der Waals surface area (Å²) in [6.45, 7) is 0. The van der Waals surface area contributed by atoms with Crippen molar-refractivity contribution in [3.8, 4) is 11.6 Å². The van der Waals surface area contributed by atoms with Gasteiger partial charge in [0, 0.05) is 11.9 Å². The predicted molar refractivity (Wildman–Crippen MR) is 77.6 cm³/mol. The van der Waals surface area contributed by atoms with Crippen LogP contribution in [0.15, 0.2) is 39.8 Å². The van der Waals surface area contributed by atoms with E-state index in [4.69, 9.17) is 4.74 Å². The van der Waals surface area contributed by atoms with Gasteiger partial charge in [-0.15, -0.1) is 11.8 Å². The lowest BCUT2D eigenvalue weighted by atomic mass is 10.3. The van der Waals surface area contributed by atoms with E-state index in [0.717, 1.165) is 15.1 Å². The average Bonchev–Trinajstić information content (AvgIpc) is 2.42. The number of aromatic nitrogens is 2. The van der Waals surface area contributed by atoms with Gasteiger partial charge in [0.2, 0.25) is 11.8 Å². The van der Waals surface area contributed by atoms with Gasteiger partial charge in [-0.25, -0.2) is 4.98 Å². The lowest BCUT2D eigenvalue weighted by Gasteiger charge is -2.10. The van der Waals surface area contributed by atoms with Gasteiger partial charge in [0.25, 0.3) is 0 Å². The summed E-state index contributed by atoms with van der Waals surface area (Å²) < 4.78 is 6.53. The number of rotatable bonds is 4. The Morgan fingerprint density at radius 2 is 2.11 bits per heavy atom. The number of hydrogen-bond acceptors (Lipinski definition) is 5. The highest BCUT2D eigenvalue weighted by Crippen LogP contribution is 2.33. The van der Waals surface area contributed by atoms with Gasteiger partial charge < -0.3 is 10.1 Å². The van der Waals surface area contributed by atoms with Crippen molar-refractivity contribution < 1.29 is 4.74 Å². The number of nitrogens with zero attached hydrogens (tertiary/aromatic N) is 2. The lowest BCUT2D eigenvalue weighted by Crippen LogP contribution is -1.98. The van der Waals surface area contributed by atoms with E-state index in [0.29, 0.717) is 11.8 Å². The second-order valence-corrected chi connectivity index (χ2v) is 5.05. The molecule has 1 N–H and O–H groups in total. The standard InChI is InChI=1S/C12H12BrN3OS/c1-14-12-15-7-8(13)11(16-12)17-9-5-3-4-6-10(9)18-2/h3-7H,1-2H3,(H,14,15,16). The van der Waals surface area contributed by atoms with E-state index in [1.807, 2.05) is 30.5 Å². The SMILES string of the molecule is CNc1ncc(Br)c(Oc2ccccc2SC)n1. The molecule has 2 rings (SSSR count). The van der Waals surface area contributed by atoms with Gasteiger partial charge in [0.1, 0.15) is 5.75 Å². The van der Waals surface area contributed by atoms with Gasteiger partial charge in [0.15, 0.2) is 0 Å². The van der Waals surface area contributed by atoms with Crippen LogP contribution in [0.1, 0.15) is 0 Å². The number of thioether (sulfide) groups is 1. The Balaban J connectivity index is 2.33. The molecule has 0 radical (unpaired) electrons. The Bertz CT molecular complexity index is 551. The van der Waals surface area contributed by atoms with Crippen molar-refractivity contribution in [3.63, 3.8) is 0 Å². The van der Waals surface area contributed by atoms with Crippen molar-refractivity contribution in [1.82, 2.24) is 9.97 Å². The van der Waals surface area contributed by atoms with Gasteiger partial charge in [-0.1, -0.05) is 12.1 Å². The molecule has 2 aromatic rings. The van der Waals surface area contributed by atoms with E-state index in [1.54, 1.807) is 25.0 Å². The molecule has 0 amide bonds. The minimum Gasteiger partial charge on any atom is -0.437 e. The first-order chi connectivity index (χ1) is 8.74. The molecular weight excluding hydrogens is 314 g/mol. The molecule has 0 unspecified atom stereocenters. The number of benzene rings is 1. The molecule has 1 aromatic heterocycles. The second kappa shape index (κ2) is 6.06. The number of halogens is 1. The topological polar surface area (TPSA) is 47.0 Å². The summed E-state index contributed by atoms with van der Waals surface area (Å²) in [4.78, 5) is 9.41. The number of para-hydroxylation sites is 1. The highest BCUT2D eigenvalue weighted by Gasteiger charge is 2.09. The summed E-state index contributed by atoms with van der Waals surface area (Å²) in [7, 11) is 1.77. The van der Waals surface area contributed by atoms with Crippen molar-refractivity contribution in [3.05, 3.63) is 34.9 Å². The third-order valence-corrected chi connectivity index (χ3v) is 3.53. The van der Waals surface area contributed by atoms with Crippen LogP contribution in [0.5, 0.6) is 11.6 Å². The van der Waals surface area contributed by atoms with Gasteiger partial charge in [-0.3, -0.25) is 0 Å². The molecule has 94 valence electrons. The molecule has 0 aliphatic rings. The molecule has 0 aliphatic carbocycles. The molecule has 1 heterocycles. The van der Waals surface area contributed by atoms with Crippen molar-refractivity contribution in [2.24, 2.45) is 0 Å². The Labute approximate surface area is 118 Å². The van der Waals surface area contributed by atoms with E-state index < -0.39 is 0 Å². The molecule has 0 aliphatic heterocycles. The summed E-state index contributed by atoms with van der Waals surface area (Å²) in [5.41, 5.74) is 0. The van der Waals surface area contributed by atoms with Gasteiger partial charge in [-0.2, -0.15) is 4.98 Å². The smallest absolute Gasteiger partial charge is 0.238 e. The first-order valence-corrected chi connectivity index (χ1v) is 7.27. The largest absolute Gasteiger partial charge is 0.437 e. The van der Waals surface area contributed by atoms with Crippen LogP contribution >= 0.6 is 27.7 Å². The first kappa shape index (κ1) is 13.2. The van der Waals surface area contributed by atoms with Gasteiger partial charge >= 0.3 is 0 Å². The van der Waals surface area contributed by atoms with Crippen LogP contribution in [-0.2, 0) is 0 Å². The molecule has 0 bridgehead atoms. The monoisotopic (exact) mass is 325 g/mol. The van der Waals surface area contributed by atoms with Crippen LogP contribution in [-0.4, -0.2) is 23.3 Å². The maximum atomic E-state index is 5.81. The molecule has 1 aromatic carbocycles. The lowest BCUT2D eigenvalue weighted by molar-refractivity contribution is 0.448. The van der Waals surface area contributed by atoms with E-state index in [-0.39, 0.29) is 0 Å². The van der Waals surface area contributed by atoms with Crippen LogP contribution in [0.4, 0.5) is 5.95 Å². The Morgan fingerprint density at radius 1 is 1.33 bits per heavy atom. The molecule has 0 spiro atoms. The van der Waals surface area contributed by atoms with Crippen molar-refractivity contribution in [2.75, 3.05) is 18.6 Å². The molecule has 6 heteroatoms. The molecule has 18 heavy (non-hydrogen) atoms. The quantitative estimate of drug-likeness (QED) is 0.866. The zero-order valence-corrected chi connectivity index (χ0v) is 12.4. The van der Waals surface area contributed by atoms with Crippen molar-refractivity contribution >= 4 is 33.6 Å². The number of ether oxygens (including phenoxy) is 1. The Kier molecular flexibility index (Phi) is 4.43. The van der Waals surface area contributed by atoms with E-state index in [1.165, 1.54) is 0 Å². The minimum absolute atomic E-state index is 0.496. The molecule has 0 atom stereocenters. The highest BCUT2D eigenvalue weighted by molar-refractivity contribution is 9.10. The fourth-order valence-corrected chi connectivity index (χ4v) is 2.15. The zero-order chi connectivity index (χ0) is 13.0. The summed E-state index contributed by atoms with van der Waals surface area (Å²) in [6.07, 6.45) is 3.67. The number of anilines is 1. The van der Waals surface area contributed by atoms with Crippen LogP contribution in [0.2, 0.25) is 0 Å². The second-order valence-electron chi connectivity index (χ2n) is 3.35. The van der Waals surface area contributed by atoms with E-state index in [9.17, 15) is 0 Å². The predicted octanol–water partition coefficient (Wildman–Crippen LogP) is 3.80. The summed E-state index contributed by atoms with van der Waals surface area (Å²) in [5.74, 6) is 1.80. The maximum Gasteiger partial charge on any atom is 0.238 e. The van der Waals surface area contributed by atoms with Crippen LogP contribution in [0.3, 0.4) is 0 Å². The third-order valence-electron chi connectivity index (χ3n) is 2.21. The summed E-state index contributed by atoms with van der Waals surface area (Å²) >= 11 is 5.01. The fraction of sp³-hybridized carbons (Fsp3) is 0.167. The van der Waals surface area contributed by atoms with Crippen molar-refractivity contribution in [1.29, 1.82) is 0 Å². The maximum absolute atomic E-state index is 5.81. The van der Waals surface area contributed by atoms with Crippen LogP contribution in [0.25, 0.3) is 0 Å². The number of nitrogens with one attached hydrogen (secondary N) is 1. The van der Waals surface area contributed by atoms with Crippen LogP contribution < -0.4 is 10.1 Å². The minimum atomic E-state index is 0.496. The zero-order valence-electron chi connectivity index (χ0n) is 9.98. The third kappa shape index (κ3) is 2.94. The Hall–Kier alpha value is -1.27. The molecule has 0 saturated heterocycles.